The SMILES string of the molecule is COc1cc(C)c(S(=O)(=O)NCC(C)CO)cc1OC. The highest BCUT2D eigenvalue weighted by Gasteiger charge is 2.20. The van der Waals surface area contributed by atoms with Crippen molar-refractivity contribution in [1.82, 2.24) is 4.72 Å². The first-order chi connectivity index (χ1) is 9.35. The summed E-state index contributed by atoms with van der Waals surface area (Å²) in [6.45, 7) is 3.54. The van der Waals surface area contributed by atoms with E-state index in [0.717, 1.165) is 0 Å². The zero-order chi connectivity index (χ0) is 15.3. The van der Waals surface area contributed by atoms with Gasteiger partial charge >= 0.3 is 0 Å². The fourth-order valence-corrected chi connectivity index (χ4v) is 3.05. The van der Waals surface area contributed by atoms with Crippen LogP contribution in [0.5, 0.6) is 11.5 Å². The first-order valence-corrected chi connectivity index (χ1v) is 7.67. The highest BCUT2D eigenvalue weighted by atomic mass is 32.2. The Hall–Kier alpha value is -1.31. The Labute approximate surface area is 119 Å². The number of ether oxygens (including phenoxy) is 2. The van der Waals surface area contributed by atoms with Crippen molar-refractivity contribution in [1.29, 1.82) is 0 Å². The molecule has 0 aliphatic carbocycles. The summed E-state index contributed by atoms with van der Waals surface area (Å²) in [6, 6.07) is 3.04. The summed E-state index contributed by atoms with van der Waals surface area (Å²) in [6.07, 6.45) is 0. The van der Waals surface area contributed by atoms with Crippen LogP contribution in [0.4, 0.5) is 0 Å². The third-order valence-corrected chi connectivity index (χ3v) is 4.47. The Balaban J connectivity index is 3.12. The predicted molar refractivity (Wildman–Crippen MR) is 75.7 cm³/mol. The van der Waals surface area contributed by atoms with Gasteiger partial charge in [0.15, 0.2) is 11.5 Å². The first kappa shape index (κ1) is 16.7. The summed E-state index contributed by atoms with van der Waals surface area (Å²) in [4.78, 5) is 0.139. The van der Waals surface area contributed by atoms with Crippen molar-refractivity contribution in [3.63, 3.8) is 0 Å². The maximum absolute atomic E-state index is 12.3. The van der Waals surface area contributed by atoms with Gasteiger partial charge in [-0.15, -0.1) is 0 Å². The molecule has 1 aromatic rings. The van der Waals surface area contributed by atoms with Gasteiger partial charge in [-0.05, 0) is 24.5 Å². The van der Waals surface area contributed by atoms with Crippen LogP contribution in [0.1, 0.15) is 12.5 Å². The molecule has 2 N–H and O–H groups in total. The number of rotatable bonds is 7. The highest BCUT2D eigenvalue weighted by Crippen LogP contribution is 2.32. The first-order valence-electron chi connectivity index (χ1n) is 6.18. The highest BCUT2D eigenvalue weighted by molar-refractivity contribution is 7.89. The molecule has 0 saturated heterocycles. The van der Waals surface area contributed by atoms with Gasteiger partial charge in [0.05, 0.1) is 19.1 Å². The van der Waals surface area contributed by atoms with Crippen LogP contribution in [0.3, 0.4) is 0 Å². The van der Waals surface area contributed by atoms with Gasteiger partial charge in [0.25, 0.3) is 0 Å². The molecule has 0 fully saturated rings. The normalized spacial score (nSPS) is 13.1. The average molecular weight is 303 g/mol. The molecule has 20 heavy (non-hydrogen) atoms. The average Bonchev–Trinajstić information content (AvgIpc) is 2.44. The Morgan fingerprint density at radius 2 is 1.80 bits per heavy atom. The van der Waals surface area contributed by atoms with Gasteiger partial charge in [-0.3, -0.25) is 0 Å². The summed E-state index contributed by atoms with van der Waals surface area (Å²) < 4.78 is 37.2. The number of aryl methyl sites for hydroxylation is 1. The lowest BCUT2D eigenvalue weighted by Gasteiger charge is -2.15. The van der Waals surface area contributed by atoms with E-state index < -0.39 is 10.0 Å². The van der Waals surface area contributed by atoms with Crippen molar-refractivity contribution >= 4 is 10.0 Å². The number of hydrogen-bond acceptors (Lipinski definition) is 5. The van der Waals surface area contributed by atoms with Gasteiger partial charge in [0.1, 0.15) is 0 Å². The Morgan fingerprint density at radius 1 is 1.25 bits per heavy atom. The van der Waals surface area contributed by atoms with E-state index in [2.05, 4.69) is 4.72 Å². The van der Waals surface area contributed by atoms with Gasteiger partial charge in [-0.1, -0.05) is 6.92 Å². The van der Waals surface area contributed by atoms with Crippen LogP contribution < -0.4 is 14.2 Å². The van der Waals surface area contributed by atoms with E-state index in [-0.39, 0.29) is 24.0 Å². The molecule has 0 bridgehead atoms. The molecule has 0 saturated carbocycles. The van der Waals surface area contributed by atoms with Crippen molar-refractivity contribution in [3.8, 4) is 11.5 Å². The molecule has 0 aliphatic heterocycles. The lowest BCUT2D eigenvalue weighted by Crippen LogP contribution is -2.30. The molecule has 0 aliphatic rings. The molecule has 0 aromatic heterocycles. The van der Waals surface area contributed by atoms with Crippen LogP contribution in [0.2, 0.25) is 0 Å². The smallest absolute Gasteiger partial charge is 0.240 e. The van der Waals surface area contributed by atoms with Gasteiger partial charge in [-0.25, -0.2) is 13.1 Å². The minimum Gasteiger partial charge on any atom is -0.493 e. The van der Waals surface area contributed by atoms with Crippen LogP contribution in [-0.2, 0) is 10.0 Å². The lowest BCUT2D eigenvalue weighted by molar-refractivity contribution is 0.238. The minimum atomic E-state index is -3.65. The summed E-state index contributed by atoms with van der Waals surface area (Å²) in [5.41, 5.74) is 0.562. The topological polar surface area (TPSA) is 84.9 Å². The Kier molecular flexibility index (Phi) is 5.79. The van der Waals surface area contributed by atoms with Crippen LogP contribution in [0.25, 0.3) is 0 Å². The van der Waals surface area contributed by atoms with E-state index in [1.54, 1.807) is 19.9 Å². The number of nitrogens with one attached hydrogen (secondary N) is 1. The Morgan fingerprint density at radius 3 is 2.30 bits per heavy atom. The third kappa shape index (κ3) is 3.84. The maximum atomic E-state index is 12.3. The quantitative estimate of drug-likeness (QED) is 0.782. The maximum Gasteiger partial charge on any atom is 0.240 e. The zero-order valence-electron chi connectivity index (χ0n) is 12.1. The Bertz CT molecular complexity index is 556. The molecule has 114 valence electrons. The second kappa shape index (κ2) is 6.92. The summed E-state index contributed by atoms with van der Waals surface area (Å²) >= 11 is 0. The molecule has 0 radical (unpaired) electrons. The minimum absolute atomic E-state index is 0.0760. The van der Waals surface area contributed by atoms with Gasteiger partial charge in [-0.2, -0.15) is 0 Å². The van der Waals surface area contributed by atoms with E-state index >= 15 is 0 Å². The third-order valence-electron chi connectivity index (χ3n) is 2.90. The van der Waals surface area contributed by atoms with Crippen LogP contribution in [0.15, 0.2) is 17.0 Å². The van der Waals surface area contributed by atoms with Crippen LogP contribution in [0, 0.1) is 12.8 Å². The molecule has 1 rings (SSSR count). The molecule has 0 heterocycles. The van der Waals surface area contributed by atoms with Crippen molar-refractivity contribution in [2.24, 2.45) is 5.92 Å². The molecule has 1 unspecified atom stereocenters. The standard InChI is InChI=1S/C13H21NO5S/c1-9(8-15)7-14-20(16,17)13-6-12(19-4)11(18-3)5-10(13)2/h5-6,9,14-15H,7-8H2,1-4H3. The largest absolute Gasteiger partial charge is 0.493 e. The summed E-state index contributed by atoms with van der Waals surface area (Å²) in [7, 11) is -0.708. The second-order valence-electron chi connectivity index (χ2n) is 4.61. The summed E-state index contributed by atoms with van der Waals surface area (Å²) in [5, 5.41) is 8.94. The van der Waals surface area contributed by atoms with Crippen LogP contribution >= 0.6 is 0 Å². The predicted octanol–water partition coefficient (Wildman–Crippen LogP) is 0.919. The number of benzene rings is 1. The van der Waals surface area contributed by atoms with Crippen LogP contribution in [-0.4, -0.2) is 40.9 Å². The number of sulfonamides is 1. The monoisotopic (exact) mass is 303 g/mol. The fraction of sp³-hybridized carbons (Fsp3) is 0.538. The van der Waals surface area contributed by atoms with E-state index in [1.165, 1.54) is 20.3 Å². The molecular formula is C13H21NO5S. The van der Waals surface area contributed by atoms with E-state index in [1.807, 2.05) is 0 Å². The van der Waals surface area contributed by atoms with Crippen molar-refractivity contribution in [2.75, 3.05) is 27.4 Å². The molecule has 7 heteroatoms. The molecular weight excluding hydrogens is 282 g/mol. The van der Waals surface area contributed by atoms with E-state index in [4.69, 9.17) is 14.6 Å². The lowest BCUT2D eigenvalue weighted by atomic mass is 10.2. The van der Waals surface area contributed by atoms with Crippen molar-refractivity contribution in [3.05, 3.63) is 17.7 Å². The fourth-order valence-electron chi connectivity index (χ4n) is 1.65. The summed E-state index contributed by atoms with van der Waals surface area (Å²) in [5.74, 6) is 0.687. The number of methoxy groups -OCH3 is 2. The molecule has 0 spiro atoms. The molecule has 6 nitrogen and oxygen atoms in total. The van der Waals surface area contributed by atoms with Gasteiger partial charge in [0, 0.05) is 19.2 Å². The number of hydrogen-bond donors (Lipinski definition) is 2. The number of aliphatic hydroxyl groups excluding tert-OH is 1. The van der Waals surface area contributed by atoms with Gasteiger partial charge < -0.3 is 14.6 Å². The van der Waals surface area contributed by atoms with Gasteiger partial charge in [0.2, 0.25) is 10.0 Å². The van der Waals surface area contributed by atoms with Crippen molar-refractivity contribution < 1.29 is 23.0 Å². The molecule has 1 aromatic carbocycles. The van der Waals surface area contributed by atoms with Crippen molar-refractivity contribution in [2.45, 2.75) is 18.7 Å². The molecule has 0 amide bonds. The zero-order valence-corrected chi connectivity index (χ0v) is 13.0. The second-order valence-corrected chi connectivity index (χ2v) is 6.35. The van der Waals surface area contributed by atoms with E-state index in [9.17, 15) is 8.42 Å². The number of aliphatic hydroxyl groups is 1. The van der Waals surface area contributed by atoms with E-state index in [0.29, 0.717) is 17.1 Å². The molecule has 1 atom stereocenters.